The summed E-state index contributed by atoms with van der Waals surface area (Å²) in [5.74, 6) is 0.0719. The van der Waals surface area contributed by atoms with Gasteiger partial charge in [0.25, 0.3) is 0 Å². The van der Waals surface area contributed by atoms with Crippen molar-refractivity contribution in [3.05, 3.63) is 69.7 Å². The normalized spacial score (nSPS) is 11.9. The molecule has 0 amide bonds. The molecule has 0 spiro atoms. The van der Waals surface area contributed by atoms with E-state index in [9.17, 15) is 4.79 Å². The number of rotatable bonds is 6. The van der Waals surface area contributed by atoms with Crippen LogP contribution in [0.3, 0.4) is 0 Å². The largest absolute Gasteiger partial charge is 0.292 e. The second kappa shape index (κ2) is 9.29. The molecule has 0 aliphatic heterocycles. The number of likely N-dealkylation sites (N-methyl/N-ethyl adjacent to an activating group) is 1. The van der Waals surface area contributed by atoms with E-state index in [2.05, 4.69) is 18.7 Å². The quantitative estimate of drug-likeness (QED) is 0.608. The average Bonchev–Trinajstić information content (AvgIpc) is 2.54. The zero-order chi connectivity index (χ0) is 16.1. The van der Waals surface area contributed by atoms with Crippen LogP contribution in [0.2, 0.25) is 10.0 Å². The Kier molecular flexibility index (Phi) is 8.07. The first-order valence-corrected chi connectivity index (χ1v) is 8.11. The lowest BCUT2D eigenvalue weighted by Crippen LogP contribution is -2.34. The zero-order valence-corrected chi connectivity index (χ0v) is 15.5. The fourth-order valence-electron chi connectivity index (χ4n) is 2.53. The molecular formula is C18H20Cl3NO. The van der Waals surface area contributed by atoms with Gasteiger partial charge in [-0.1, -0.05) is 49.2 Å². The minimum atomic E-state index is -0.312. The van der Waals surface area contributed by atoms with E-state index in [1.807, 2.05) is 24.3 Å². The third-order valence-corrected chi connectivity index (χ3v) is 4.24. The van der Waals surface area contributed by atoms with Crippen molar-refractivity contribution >= 4 is 41.4 Å². The Labute approximate surface area is 153 Å². The minimum absolute atomic E-state index is 0. The molecule has 0 aliphatic rings. The molecule has 0 fully saturated rings. The van der Waals surface area contributed by atoms with Crippen LogP contribution >= 0.6 is 35.6 Å². The van der Waals surface area contributed by atoms with Crippen molar-refractivity contribution in [3.8, 4) is 0 Å². The minimum Gasteiger partial charge on any atom is -0.292 e. The molecule has 0 aliphatic carbocycles. The Bertz CT molecular complexity index is 622. The van der Waals surface area contributed by atoms with Gasteiger partial charge in [0.15, 0.2) is 5.78 Å². The van der Waals surface area contributed by atoms with Gasteiger partial charge in [0, 0.05) is 15.6 Å². The molecule has 124 valence electrons. The van der Waals surface area contributed by atoms with Crippen molar-refractivity contribution in [2.45, 2.75) is 19.9 Å². The van der Waals surface area contributed by atoms with Crippen LogP contribution in [0, 0.1) is 0 Å². The maximum absolute atomic E-state index is 13.0. The summed E-state index contributed by atoms with van der Waals surface area (Å²) < 4.78 is 0. The number of benzene rings is 2. The number of carbonyl (C=O) groups excluding carboxylic acids is 1. The number of hydrogen-bond acceptors (Lipinski definition) is 2. The summed E-state index contributed by atoms with van der Waals surface area (Å²) >= 11 is 11.9. The van der Waals surface area contributed by atoms with Crippen molar-refractivity contribution in [1.29, 1.82) is 0 Å². The Balaban J connectivity index is 0.00000264. The average molecular weight is 373 g/mol. The summed E-state index contributed by atoms with van der Waals surface area (Å²) in [5.41, 5.74) is 1.62. The molecule has 0 N–H and O–H groups in total. The molecule has 2 rings (SSSR count). The Morgan fingerprint density at radius 2 is 1.35 bits per heavy atom. The van der Waals surface area contributed by atoms with Gasteiger partial charge in [0.2, 0.25) is 0 Å². The molecule has 2 aromatic rings. The molecule has 0 radical (unpaired) electrons. The van der Waals surface area contributed by atoms with Crippen LogP contribution in [-0.4, -0.2) is 23.8 Å². The molecule has 0 saturated carbocycles. The van der Waals surface area contributed by atoms with Crippen molar-refractivity contribution in [1.82, 2.24) is 4.90 Å². The van der Waals surface area contributed by atoms with Crippen LogP contribution in [0.25, 0.3) is 0 Å². The van der Waals surface area contributed by atoms with E-state index in [4.69, 9.17) is 23.2 Å². The van der Waals surface area contributed by atoms with Crippen LogP contribution in [0.1, 0.15) is 35.8 Å². The van der Waals surface area contributed by atoms with Crippen LogP contribution in [0.15, 0.2) is 48.5 Å². The summed E-state index contributed by atoms with van der Waals surface area (Å²) in [6.07, 6.45) is 0. The first-order valence-electron chi connectivity index (χ1n) is 7.36. The van der Waals surface area contributed by atoms with Crippen molar-refractivity contribution < 1.29 is 4.79 Å². The monoisotopic (exact) mass is 371 g/mol. The second-order valence-electron chi connectivity index (χ2n) is 5.05. The summed E-state index contributed by atoms with van der Waals surface area (Å²) in [5, 5.41) is 1.29. The highest BCUT2D eigenvalue weighted by molar-refractivity contribution is 6.31. The van der Waals surface area contributed by atoms with E-state index in [0.29, 0.717) is 15.6 Å². The van der Waals surface area contributed by atoms with Crippen LogP contribution in [0.4, 0.5) is 0 Å². The molecule has 0 heterocycles. The van der Waals surface area contributed by atoms with E-state index in [1.54, 1.807) is 24.3 Å². The van der Waals surface area contributed by atoms with Crippen molar-refractivity contribution in [2.24, 2.45) is 0 Å². The number of carbonyl (C=O) groups is 1. The molecule has 0 aromatic heterocycles. The lowest BCUT2D eigenvalue weighted by molar-refractivity contribution is 0.0831. The molecular weight excluding hydrogens is 353 g/mol. The molecule has 2 aromatic carbocycles. The smallest absolute Gasteiger partial charge is 0.184 e. The number of halogens is 3. The number of Topliss-reactive ketones (excluding diaryl/α,β-unsaturated/α-hetero) is 1. The number of ketones is 1. The van der Waals surface area contributed by atoms with E-state index in [-0.39, 0.29) is 24.2 Å². The lowest BCUT2D eigenvalue weighted by Gasteiger charge is -2.29. The molecule has 2 nitrogen and oxygen atoms in total. The van der Waals surface area contributed by atoms with E-state index < -0.39 is 0 Å². The maximum Gasteiger partial charge on any atom is 0.184 e. The predicted octanol–water partition coefficient (Wildman–Crippen LogP) is 5.68. The topological polar surface area (TPSA) is 20.3 Å². The third kappa shape index (κ3) is 4.95. The van der Waals surface area contributed by atoms with Crippen molar-refractivity contribution in [2.75, 3.05) is 13.1 Å². The number of nitrogens with zero attached hydrogens (tertiary/aromatic N) is 1. The zero-order valence-electron chi connectivity index (χ0n) is 13.1. The van der Waals surface area contributed by atoms with Gasteiger partial charge < -0.3 is 0 Å². The van der Waals surface area contributed by atoms with E-state index in [0.717, 1.165) is 18.7 Å². The highest BCUT2D eigenvalue weighted by atomic mass is 35.5. The van der Waals surface area contributed by atoms with Crippen LogP contribution in [0.5, 0.6) is 0 Å². The van der Waals surface area contributed by atoms with Gasteiger partial charge in [0.1, 0.15) is 0 Å². The summed E-state index contributed by atoms with van der Waals surface area (Å²) in [6.45, 7) is 5.70. The molecule has 1 unspecified atom stereocenters. The predicted molar refractivity (Wildman–Crippen MR) is 100 cm³/mol. The highest BCUT2D eigenvalue weighted by Gasteiger charge is 2.26. The summed E-state index contributed by atoms with van der Waals surface area (Å²) in [7, 11) is 0. The van der Waals surface area contributed by atoms with Gasteiger partial charge in [-0.25, -0.2) is 0 Å². The van der Waals surface area contributed by atoms with Gasteiger partial charge in [-0.05, 0) is 55.1 Å². The van der Waals surface area contributed by atoms with Gasteiger partial charge in [-0.2, -0.15) is 0 Å². The van der Waals surface area contributed by atoms with Crippen LogP contribution < -0.4 is 0 Å². The fourth-order valence-corrected chi connectivity index (χ4v) is 2.79. The number of hydrogen-bond donors (Lipinski definition) is 0. The second-order valence-corrected chi connectivity index (χ2v) is 5.92. The van der Waals surface area contributed by atoms with Crippen LogP contribution in [-0.2, 0) is 0 Å². The Morgan fingerprint density at radius 1 is 0.913 bits per heavy atom. The summed E-state index contributed by atoms with van der Waals surface area (Å²) in [6, 6.07) is 14.2. The van der Waals surface area contributed by atoms with Crippen molar-refractivity contribution in [3.63, 3.8) is 0 Å². The van der Waals surface area contributed by atoms with Gasteiger partial charge in [0.05, 0.1) is 6.04 Å². The van der Waals surface area contributed by atoms with Gasteiger partial charge in [-0.15, -0.1) is 12.4 Å². The first-order chi connectivity index (χ1) is 10.6. The summed E-state index contributed by atoms with van der Waals surface area (Å²) in [4.78, 5) is 15.1. The Morgan fingerprint density at radius 3 is 1.78 bits per heavy atom. The molecule has 0 bridgehead atoms. The Hall–Kier alpha value is -1.06. The molecule has 0 saturated heterocycles. The lowest BCUT2D eigenvalue weighted by atomic mass is 9.96. The van der Waals surface area contributed by atoms with Gasteiger partial charge in [-0.3, -0.25) is 9.69 Å². The maximum atomic E-state index is 13.0. The molecule has 1 atom stereocenters. The van der Waals surface area contributed by atoms with E-state index >= 15 is 0 Å². The molecule has 23 heavy (non-hydrogen) atoms. The fraction of sp³-hybridized carbons (Fsp3) is 0.278. The van der Waals surface area contributed by atoms with E-state index in [1.165, 1.54) is 0 Å². The highest BCUT2D eigenvalue weighted by Crippen LogP contribution is 2.27. The SMILES string of the molecule is CCN(CC)C(C(=O)c1ccc(Cl)cc1)c1ccc(Cl)cc1.Cl. The van der Waals surface area contributed by atoms with Gasteiger partial charge >= 0.3 is 0 Å². The third-order valence-electron chi connectivity index (χ3n) is 3.74. The standard InChI is InChI=1S/C18H19Cl2NO.ClH/c1-3-21(4-2)17(13-5-9-15(19)10-6-13)18(22)14-7-11-16(20)12-8-14;/h5-12,17H,3-4H2,1-2H3;1H. The molecule has 5 heteroatoms. The first kappa shape index (κ1) is 20.0.